The highest BCUT2D eigenvalue weighted by atomic mass is 19.1. The first kappa shape index (κ1) is 19.2. The summed E-state index contributed by atoms with van der Waals surface area (Å²) in [7, 11) is 0. The number of likely N-dealkylation sites (tertiary alicyclic amines) is 1. The van der Waals surface area contributed by atoms with E-state index in [0.29, 0.717) is 12.6 Å². The van der Waals surface area contributed by atoms with Gasteiger partial charge in [-0.25, -0.2) is 9.38 Å². The number of allylic oxidation sites excluding steroid dienone is 1. The minimum Gasteiger partial charge on any atom is -0.368 e. The van der Waals surface area contributed by atoms with E-state index in [-0.39, 0.29) is 18.0 Å². The summed E-state index contributed by atoms with van der Waals surface area (Å²) in [6.45, 7) is 8.57. The molecule has 3 heterocycles. The molecule has 3 aliphatic heterocycles. The van der Waals surface area contributed by atoms with Gasteiger partial charge >= 0.3 is 0 Å². The standard InChI is InChI=1S/C22H29FN4O/c1-3-5-7-18(6-4-2)26-12-19-21(13-26)28-14-20-22(24-15-25-27(19)20)16-8-10-17(23)11-9-16/h3,8-11,15,18-19,21H,1,4-7,12-14H2,2H3,(H,24,25)/t18?,19-,21-/m0/s1. The highest BCUT2D eigenvalue weighted by Gasteiger charge is 2.44. The first-order valence-electron chi connectivity index (χ1n) is 10.2. The van der Waals surface area contributed by atoms with Crippen molar-refractivity contribution in [2.24, 2.45) is 4.99 Å². The van der Waals surface area contributed by atoms with Gasteiger partial charge in [-0.15, -0.1) is 6.58 Å². The van der Waals surface area contributed by atoms with E-state index in [1.165, 1.54) is 25.0 Å². The fourth-order valence-electron chi connectivity index (χ4n) is 4.54. The van der Waals surface area contributed by atoms with Crippen LogP contribution >= 0.6 is 0 Å². The minimum atomic E-state index is -0.239. The first-order valence-corrected chi connectivity index (χ1v) is 10.2. The summed E-state index contributed by atoms with van der Waals surface area (Å²) in [5.74, 6) is -0.239. The van der Waals surface area contributed by atoms with E-state index < -0.39 is 0 Å². The molecule has 5 nitrogen and oxygen atoms in total. The van der Waals surface area contributed by atoms with Gasteiger partial charge < -0.3 is 4.74 Å². The third kappa shape index (κ3) is 3.71. The predicted octanol–water partition coefficient (Wildman–Crippen LogP) is 3.56. The van der Waals surface area contributed by atoms with Crippen molar-refractivity contribution < 1.29 is 9.13 Å². The van der Waals surface area contributed by atoms with Gasteiger partial charge in [-0.05, 0) is 43.5 Å². The second kappa shape index (κ2) is 8.45. The van der Waals surface area contributed by atoms with Crippen LogP contribution in [0, 0.1) is 5.82 Å². The molecule has 3 atom stereocenters. The summed E-state index contributed by atoms with van der Waals surface area (Å²) in [6.07, 6.45) is 8.51. The van der Waals surface area contributed by atoms with Gasteiger partial charge in [-0.3, -0.25) is 15.3 Å². The van der Waals surface area contributed by atoms with Crippen molar-refractivity contribution in [3.8, 4) is 0 Å². The Balaban J connectivity index is 1.55. The Labute approximate surface area is 166 Å². The van der Waals surface area contributed by atoms with Gasteiger partial charge in [-0.1, -0.05) is 19.4 Å². The van der Waals surface area contributed by atoms with Gasteiger partial charge in [0.25, 0.3) is 0 Å². The van der Waals surface area contributed by atoms with Crippen molar-refractivity contribution in [3.05, 3.63) is 54.0 Å². The van der Waals surface area contributed by atoms with Gasteiger partial charge in [0.2, 0.25) is 0 Å². The van der Waals surface area contributed by atoms with E-state index in [2.05, 4.69) is 33.8 Å². The van der Waals surface area contributed by atoms with Crippen molar-refractivity contribution in [1.29, 1.82) is 0 Å². The molecule has 0 aromatic heterocycles. The predicted molar refractivity (Wildman–Crippen MR) is 110 cm³/mol. The van der Waals surface area contributed by atoms with E-state index in [0.717, 1.165) is 42.9 Å². The maximum Gasteiger partial charge on any atom is 0.123 e. The molecule has 4 rings (SSSR count). The summed E-state index contributed by atoms with van der Waals surface area (Å²) >= 11 is 0. The second-order valence-corrected chi connectivity index (χ2v) is 7.74. The van der Waals surface area contributed by atoms with Crippen LogP contribution in [0.5, 0.6) is 0 Å². The van der Waals surface area contributed by atoms with Crippen LogP contribution in [0.3, 0.4) is 0 Å². The molecule has 28 heavy (non-hydrogen) atoms. The number of hydrogen-bond acceptors (Lipinski definition) is 5. The number of morpholine rings is 1. The topological polar surface area (TPSA) is 40.1 Å². The molecule has 3 aliphatic rings. The summed E-state index contributed by atoms with van der Waals surface area (Å²) in [5, 5.41) is 2.22. The molecule has 0 radical (unpaired) electrons. The van der Waals surface area contributed by atoms with Gasteiger partial charge in [-0.2, -0.15) is 0 Å². The largest absolute Gasteiger partial charge is 0.368 e. The molecule has 150 valence electrons. The summed E-state index contributed by atoms with van der Waals surface area (Å²) in [4.78, 5) is 7.11. The molecule has 0 spiro atoms. The van der Waals surface area contributed by atoms with Gasteiger partial charge in [0.05, 0.1) is 30.1 Å². The van der Waals surface area contributed by atoms with Crippen molar-refractivity contribution in [1.82, 2.24) is 15.3 Å². The SMILES string of the molecule is C=CCCC(CCC)N1C[C@@H]2OCC3=C(c4ccc(F)cc4)N=CNN3[C@H]2C1. The molecule has 1 N–H and O–H groups in total. The van der Waals surface area contributed by atoms with E-state index in [1.807, 2.05) is 6.08 Å². The minimum absolute atomic E-state index is 0.181. The monoisotopic (exact) mass is 384 g/mol. The molecule has 6 heteroatoms. The number of nitrogens with one attached hydrogen (secondary N) is 1. The lowest BCUT2D eigenvalue weighted by Gasteiger charge is -2.42. The van der Waals surface area contributed by atoms with Gasteiger partial charge in [0, 0.05) is 24.7 Å². The maximum absolute atomic E-state index is 13.3. The first-order chi connectivity index (χ1) is 13.7. The smallest absolute Gasteiger partial charge is 0.123 e. The van der Waals surface area contributed by atoms with Gasteiger partial charge in [0.15, 0.2) is 0 Å². The normalized spacial score (nSPS) is 25.3. The number of rotatable bonds is 7. The Hall–Kier alpha value is -2.18. The van der Waals surface area contributed by atoms with Crippen LogP contribution in [-0.2, 0) is 4.74 Å². The fraction of sp³-hybridized carbons (Fsp3) is 0.500. The Morgan fingerprint density at radius 1 is 1.32 bits per heavy atom. The van der Waals surface area contributed by atoms with Crippen LogP contribution in [0.1, 0.15) is 38.2 Å². The molecule has 1 unspecified atom stereocenters. The number of nitrogens with zero attached hydrogens (tertiary/aromatic N) is 3. The van der Waals surface area contributed by atoms with E-state index in [9.17, 15) is 4.39 Å². The zero-order valence-corrected chi connectivity index (χ0v) is 16.5. The van der Waals surface area contributed by atoms with Crippen molar-refractivity contribution in [2.75, 3.05) is 19.7 Å². The zero-order chi connectivity index (χ0) is 19.5. The molecule has 0 saturated carbocycles. The molecule has 1 aromatic carbocycles. The Morgan fingerprint density at radius 3 is 2.89 bits per heavy atom. The third-order valence-electron chi connectivity index (χ3n) is 5.95. The Bertz CT molecular complexity index is 760. The van der Waals surface area contributed by atoms with Crippen LogP contribution in [0.25, 0.3) is 5.70 Å². The second-order valence-electron chi connectivity index (χ2n) is 7.74. The van der Waals surface area contributed by atoms with Crippen molar-refractivity contribution >= 4 is 12.0 Å². The lowest BCUT2D eigenvalue weighted by Crippen LogP contribution is -2.56. The van der Waals surface area contributed by atoms with E-state index in [4.69, 9.17) is 4.74 Å². The van der Waals surface area contributed by atoms with E-state index in [1.54, 1.807) is 18.5 Å². The van der Waals surface area contributed by atoms with Crippen molar-refractivity contribution in [3.63, 3.8) is 0 Å². The number of ether oxygens (including phenoxy) is 1. The molecule has 0 amide bonds. The molecular weight excluding hydrogens is 355 g/mol. The van der Waals surface area contributed by atoms with Crippen molar-refractivity contribution in [2.45, 2.75) is 50.8 Å². The maximum atomic E-state index is 13.3. The van der Waals surface area contributed by atoms with Crippen LogP contribution in [0.4, 0.5) is 4.39 Å². The van der Waals surface area contributed by atoms with Crippen LogP contribution in [-0.4, -0.2) is 54.1 Å². The molecule has 2 fully saturated rings. The lowest BCUT2D eigenvalue weighted by molar-refractivity contribution is -0.0276. The Kier molecular flexibility index (Phi) is 5.78. The number of hydrazine groups is 1. The molecule has 1 aromatic rings. The molecule has 2 saturated heterocycles. The number of aliphatic imine (C=N–C) groups is 1. The summed E-state index contributed by atoms with van der Waals surface area (Å²) < 4.78 is 19.6. The lowest BCUT2D eigenvalue weighted by atomic mass is 10.0. The quantitative estimate of drug-likeness (QED) is 0.730. The number of fused-ring (bicyclic) bond motifs is 3. The number of benzene rings is 1. The average Bonchev–Trinajstić information content (AvgIpc) is 3.16. The highest BCUT2D eigenvalue weighted by Crippen LogP contribution is 2.34. The molecule has 0 aliphatic carbocycles. The average molecular weight is 384 g/mol. The number of halogens is 1. The van der Waals surface area contributed by atoms with Crippen LogP contribution < -0.4 is 5.43 Å². The van der Waals surface area contributed by atoms with Crippen LogP contribution in [0.2, 0.25) is 0 Å². The summed E-state index contributed by atoms with van der Waals surface area (Å²) in [6, 6.07) is 7.32. The van der Waals surface area contributed by atoms with Gasteiger partial charge in [0.1, 0.15) is 12.2 Å². The van der Waals surface area contributed by atoms with E-state index >= 15 is 0 Å². The number of hydrogen-bond donors (Lipinski definition) is 1. The molecule has 0 bridgehead atoms. The van der Waals surface area contributed by atoms with Crippen LogP contribution in [0.15, 0.2) is 47.6 Å². The third-order valence-corrected chi connectivity index (χ3v) is 5.95. The highest BCUT2D eigenvalue weighted by molar-refractivity contribution is 5.77. The fourth-order valence-corrected chi connectivity index (χ4v) is 4.54. The molecular formula is C22H29FN4O. The summed E-state index contributed by atoms with van der Waals surface area (Å²) in [5.41, 5.74) is 6.11. The Morgan fingerprint density at radius 2 is 2.14 bits per heavy atom. The zero-order valence-electron chi connectivity index (χ0n) is 16.5.